The van der Waals surface area contributed by atoms with Crippen LogP contribution in [0.25, 0.3) is 0 Å². The number of amides is 1. The first-order chi connectivity index (χ1) is 12.5. The minimum atomic E-state index is -3.40. The third kappa shape index (κ3) is 4.49. The Morgan fingerprint density at radius 2 is 1.74 bits per heavy atom. The van der Waals surface area contributed by atoms with Gasteiger partial charge in [0, 0.05) is 19.5 Å². The molecule has 1 aromatic carbocycles. The van der Waals surface area contributed by atoms with Crippen LogP contribution < -0.4 is 5.32 Å². The highest BCUT2D eigenvalue weighted by Gasteiger charge is 2.31. The Labute approximate surface area is 168 Å². The lowest BCUT2D eigenvalue weighted by Crippen LogP contribution is -2.33. The number of nitrogens with zero attached hydrogens (tertiary/aromatic N) is 1. The third-order valence-electron chi connectivity index (χ3n) is 6.39. The van der Waals surface area contributed by atoms with E-state index in [2.05, 4.69) is 5.32 Å². The molecule has 2 atom stereocenters. The molecule has 2 heterocycles. The highest BCUT2D eigenvalue weighted by Crippen LogP contribution is 2.28. The molecule has 27 heavy (non-hydrogen) atoms. The Morgan fingerprint density at radius 3 is 2.44 bits per heavy atom. The van der Waals surface area contributed by atoms with Crippen LogP contribution in [-0.4, -0.2) is 51.2 Å². The number of likely N-dealkylation sites (tertiary alicyclic amines) is 1. The largest absolute Gasteiger partial charge is 0.343 e. The molecule has 2 fully saturated rings. The van der Waals surface area contributed by atoms with Crippen LogP contribution in [0, 0.1) is 11.8 Å². The Hall–Kier alpha value is -1.11. The molecule has 2 aliphatic heterocycles. The molecule has 2 saturated heterocycles. The van der Waals surface area contributed by atoms with Gasteiger partial charge in [-0.15, -0.1) is 12.4 Å². The van der Waals surface area contributed by atoms with Crippen molar-refractivity contribution in [1.29, 1.82) is 0 Å². The second-order valence-electron chi connectivity index (χ2n) is 7.99. The predicted octanol–water partition coefficient (Wildman–Crippen LogP) is 2.22. The van der Waals surface area contributed by atoms with Gasteiger partial charge in [0.15, 0.2) is 9.84 Å². The Bertz CT molecular complexity index is 782. The maximum absolute atomic E-state index is 12.7. The zero-order chi connectivity index (χ0) is 18.1. The molecule has 3 aliphatic rings. The molecular formula is C20H29ClN2O3S. The summed E-state index contributed by atoms with van der Waals surface area (Å²) < 4.78 is 25.3. The number of benzene rings is 1. The normalized spacial score (nSPS) is 24.7. The molecule has 4 rings (SSSR count). The van der Waals surface area contributed by atoms with Gasteiger partial charge >= 0.3 is 0 Å². The van der Waals surface area contributed by atoms with E-state index in [1.54, 1.807) is 6.07 Å². The van der Waals surface area contributed by atoms with Crippen LogP contribution >= 0.6 is 12.4 Å². The molecule has 0 radical (unpaired) electrons. The Morgan fingerprint density at radius 1 is 1.07 bits per heavy atom. The summed E-state index contributed by atoms with van der Waals surface area (Å²) in [6.45, 7) is 3.64. The van der Waals surface area contributed by atoms with Crippen molar-refractivity contribution in [3.05, 3.63) is 29.3 Å². The van der Waals surface area contributed by atoms with Crippen molar-refractivity contribution in [2.24, 2.45) is 11.8 Å². The summed E-state index contributed by atoms with van der Waals surface area (Å²) in [7, 11) is -3.40. The van der Waals surface area contributed by atoms with Crippen LogP contribution in [0.1, 0.15) is 36.8 Å². The van der Waals surface area contributed by atoms with Gasteiger partial charge in [0.25, 0.3) is 0 Å². The number of halogens is 1. The van der Waals surface area contributed by atoms with Crippen molar-refractivity contribution in [2.75, 3.05) is 31.9 Å². The average molecular weight is 413 g/mol. The number of carbonyl (C=O) groups is 1. The van der Waals surface area contributed by atoms with Crippen LogP contribution in [0.5, 0.6) is 0 Å². The molecule has 0 spiro atoms. The SMILES string of the molecule is Cl.O=C(CCS(=O)(=O)c1ccc2c(c1)CCC2)N1CC[C@@H]2CNC[C@@H]2CC1. The maximum atomic E-state index is 12.7. The predicted molar refractivity (Wildman–Crippen MR) is 108 cm³/mol. The summed E-state index contributed by atoms with van der Waals surface area (Å²) in [5.74, 6) is 1.24. The number of aryl methyl sites for hydroxylation is 2. The summed E-state index contributed by atoms with van der Waals surface area (Å²) in [5.41, 5.74) is 2.43. The minimum absolute atomic E-state index is 0. The van der Waals surface area contributed by atoms with Gasteiger partial charge in [0.2, 0.25) is 5.91 Å². The van der Waals surface area contributed by atoms with Crippen molar-refractivity contribution in [2.45, 2.75) is 43.4 Å². The van der Waals surface area contributed by atoms with Crippen LogP contribution in [0.4, 0.5) is 0 Å². The highest BCUT2D eigenvalue weighted by molar-refractivity contribution is 7.91. The monoisotopic (exact) mass is 412 g/mol. The lowest BCUT2D eigenvalue weighted by Gasteiger charge is -2.21. The van der Waals surface area contributed by atoms with Gasteiger partial charge in [0.05, 0.1) is 10.6 Å². The molecule has 0 saturated carbocycles. The maximum Gasteiger partial charge on any atom is 0.223 e. The van der Waals surface area contributed by atoms with E-state index in [9.17, 15) is 13.2 Å². The molecule has 150 valence electrons. The van der Waals surface area contributed by atoms with Gasteiger partial charge in [-0.05, 0) is 80.3 Å². The number of hydrogen-bond acceptors (Lipinski definition) is 4. The molecule has 7 heteroatoms. The van der Waals surface area contributed by atoms with E-state index in [1.165, 1.54) is 5.56 Å². The molecule has 1 amide bonds. The Balaban J connectivity index is 0.00000210. The quantitative estimate of drug-likeness (QED) is 0.823. The summed E-state index contributed by atoms with van der Waals surface area (Å²) in [6, 6.07) is 5.48. The fourth-order valence-corrected chi connectivity index (χ4v) is 5.98. The fraction of sp³-hybridized carbons (Fsp3) is 0.650. The number of sulfone groups is 1. The van der Waals surface area contributed by atoms with Gasteiger partial charge in [-0.3, -0.25) is 4.79 Å². The molecule has 0 aromatic heterocycles. The molecular weight excluding hydrogens is 384 g/mol. The van der Waals surface area contributed by atoms with Gasteiger partial charge < -0.3 is 10.2 Å². The van der Waals surface area contributed by atoms with Gasteiger partial charge in [-0.2, -0.15) is 0 Å². The number of fused-ring (bicyclic) bond motifs is 2. The fourth-order valence-electron chi connectivity index (χ4n) is 4.71. The van der Waals surface area contributed by atoms with Crippen LogP contribution in [0.3, 0.4) is 0 Å². The molecule has 0 unspecified atom stereocenters. The molecule has 5 nitrogen and oxygen atoms in total. The minimum Gasteiger partial charge on any atom is -0.343 e. The first kappa shape index (κ1) is 20.6. The summed E-state index contributed by atoms with van der Waals surface area (Å²) in [5, 5.41) is 3.43. The number of nitrogens with one attached hydrogen (secondary N) is 1. The highest BCUT2D eigenvalue weighted by atomic mass is 35.5. The third-order valence-corrected chi connectivity index (χ3v) is 8.10. The van der Waals surface area contributed by atoms with Crippen molar-refractivity contribution in [3.63, 3.8) is 0 Å². The van der Waals surface area contributed by atoms with Crippen molar-refractivity contribution in [1.82, 2.24) is 10.2 Å². The molecule has 1 aliphatic carbocycles. The smallest absolute Gasteiger partial charge is 0.223 e. The lowest BCUT2D eigenvalue weighted by atomic mass is 9.92. The van der Waals surface area contributed by atoms with Crippen molar-refractivity contribution in [3.8, 4) is 0 Å². The lowest BCUT2D eigenvalue weighted by molar-refractivity contribution is -0.130. The second-order valence-corrected chi connectivity index (χ2v) is 10.1. The standard InChI is InChI=1S/C20H28N2O3S.ClH/c23-20(22-9-6-17-13-21-14-18(17)7-10-22)8-11-26(24,25)19-5-4-15-2-1-3-16(15)12-19;/h4-5,12,17-18,21H,1-3,6-11,13-14H2;1H/t17-,18+;. The number of rotatable bonds is 4. The van der Waals surface area contributed by atoms with Crippen LogP contribution in [0.2, 0.25) is 0 Å². The molecule has 0 bridgehead atoms. The second kappa shape index (κ2) is 8.50. The molecule has 1 aromatic rings. The van der Waals surface area contributed by atoms with E-state index in [0.29, 0.717) is 16.7 Å². The van der Waals surface area contributed by atoms with Crippen molar-refractivity contribution >= 4 is 28.2 Å². The zero-order valence-corrected chi connectivity index (χ0v) is 17.3. The van der Waals surface area contributed by atoms with Gasteiger partial charge in [0.1, 0.15) is 0 Å². The van der Waals surface area contributed by atoms with E-state index in [4.69, 9.17) is 0 Å². The first-order valence-electron chi connectivity index (χ1n) is 9.86. The first-order valence-corrected chi connectivity index (χ1v) is 11.5. The summed E-state index contributed by atoms with van der Waals surface area (Å²) in [6.07, 6.45) is 5.25. The topological polar surface area (TPSA) is 66.5 Å². The van der Waals surface area contributed by atoms with E-state index in [0.717, 1.165) is 63.8 Å². The summed E-state index contributed by atoms with van der Waals surface area (Å²) in [4.78, 5) is 14.8. The van der Waals surface area contributed by atoms with Gasteiger partial charge in [-0.1, -0.05) is 6.07 Å². The van der Waals surface area contributed by atoms with E-state index < -0.39 is 9.84 Å². The average Bonchev–Trinajstić information content (AvgIpc) is 3.24. The zero-order valence-electron chi connectivity index (χ0n) is 15.7. The van der Waals surface area contributed by atoms with E-state index in [1.807, 2.05) is 17.0 Å². The van der Waals surface area contributed by atoms with Crippen LogP contribution in [-0.2, 0) is 27.5 Å². The Kier molecular flexibility index (Phi) is 6.49. The van der Waals surface area contributed by atoms with E-state index >= 15 is 0 Å². The van der Waals surface area contributed by atoms with E-state index in [-0.39, 0.29) is 30.5 Å². The van der Waals surface area contributed by atoms with Gasteiger partial charge in [-0.25, -0.2) is 8.42 Å². The van der Waals surface area contributed by atoms with Crippen molar-refractivity contribution < 1.29 is 13.2 Å². The summed E-state index contributed by atoms with van der Waals surface area (Å²) >= 11 is 0. The number of hydrogen-bond donors (Lipinski definition) is 1. The molecule has 1 N–H and O–H groups in total. The van der Waals surface area contributed by atoms with Crippen LogP contribution in [0.15, 0.2) is 23.1 Å². The number of carbonyl (C=O) groups excluding carboxylic acids is 1.